The number of benzene rings is 1. The van der Waals surface area contributed by atoms with Gasteiger partial charge in [0.2, 0.25) is 5.91 Å². The van der Waals surface area contributed by atoms with E-state index in [0.717, 1.165) is 13.1 Å². The van der Waals surface area contributed by atoms with Crippen molar-refractivity contribution in [2.45, 2.75) is 26.1 Å². The van der Waals surface area contributed by atoms with Crippen molar-refractivity contribution in [1.29, 1.82) is 0 Å². The van der Waals surface area contributed by atoms with Crippen molar-refractivity contribution in [3.05, 3.63) is 30.1 Å². The van der Waals surface area contributed by atoms with Gasteiger partial charge in [-0.25, -0.2) is 4.39 Å². The fourth-order valence-electron chi connectivity index (χ4n) is 2.38. The minimum Gasteiger partial charge on any atom is -0.373 e. The van der Waals surface area contributed by atoms with Crippen LogP contribution in [0.1, 0.15) is 13.8 Å². The maximum absolute atomic E-state index is 13.0. The molecule has 104 valence electrons. The minimum atomic E-state index is -0.355. The van der Waals surface area contributed by atoms with Crippen molar-refractivity contribution in [2.75, 3.05) is 25.0 Å². The quantitative estimate of drug-likeness (QED) is 0.908. The van der Waals surface area contributed by atoms with Crippen molar-refractivity contribution in [3.63, 3.8) is 0 Å². The number of halogens is 1. The summed E-state index contributed by atoms with van der Waals surface area (Å²) in [7, 11) is 0. The molecule has 1 aromatic carbocycles. The predicted octanol–water partition coefficient (Wildman–Crippen LogP) is 1.87. The molecule has 1 aliphatic heterocycles. The maximum atomic E-state index is 13.0. The number of nitrogens with one attached hydrogen (secondary N) is 1. The summed E-state index contributed by atoms with van der Waals surface area (Å²) in [5.74, 6) is -0.488. The number of anilines is 1. The lowest BCUT2D eigenvalue weighted by Gasteiger charge is -2.34. The Morgan fingerprint density at radius 2 is 2.11 bits per heavy atom. The van der Waals surface area contributed by atoms with Crippen LogP contribution < -0.4 is 5.32 Å². The molecule has 1 aliphatic rings. The monoisotopic (exact) mass is 266 g/mol. The second-order valence-corrected chi connectivity index (χ2v) is 5.01. The van der Waals surface area contributed by atoms with Gasteiger partial charge < -0.3 is 10.1 Å². The molecular formula is C14H19FN2O2. The predicted molar refractivity (Wildman–Crippen MR) is 71.5 cm³/mol. The fraction of sp³-hybridized carbons (Fsp3) is 0.500. The Bertz CT molecular complexity index is 443. The van der Waals surface area contributed by atoms with Gasteiger partial charge in [-0.1, -0.05) is 6.07 Å². The van der Waals surface area contributed by atoms with Gasteiger partial charge in [0.1, 0.15) is 5.82 Å². The molecule has 5 heteroatoms. The van der Waals surface area contributed by atoms with E-state index in [2.05, 4.69) is 5.32 Å². The highest BCUT2D eigenvalue weighted by Crippen LogP contribution is 2.12. The zero-order valence-corrected chi connectivity index (χ0v) is 11.2. The molecule has 0 spiro atoms. The van der Waals surface area contributed by atoms with Crippen LogP contribution in [0.5, 0.6) is 0 Å². The molecule has 4 nitrogen and oxygen atoms in total. The summed E-state index contributed by atoms with van der Waals surface area (Å²) in [6, 6.07) is 5.90. The highest BCUT2D eigenvalue weighted by molar-refractivity contribution is 5.92. The third-order valence-corrected chi connectivity index (χ3v) is 2.97. The lowest BCUT2D eigenvalue weighted by Crippen LogP contribution is -2.48. The topological polar surface area (TPSA) is 41.6 Å². The van der Waals surface area contributed by atoms with E-state index in [0.29, 0.717) is 12.2 Å². The molecule has 0 saturated carbocycles. The summed E-state index contributed by atoms with van der Waals surface area (Å²) in [6.07, 6.45) is 0.261. The highest BCUT2D eigenvalue weighted by Gasteiger charge is 2.23. The van der Waals surface area contributed by atoms with Gasteiger partial charge in [0.05, 0.1) is 18.8 Å². The smallest absolute Gasteiger partial charge is 0.238 e. The summed E-state index contributed by atoms with van der Waals surface area (Å²) in [5, 5.41) is 2.70. The average Bonchev–Trinajstić information content (AvgIpc) is 2.26. The molecule has 0 bridgehead atoms. The van der Waals surface area contributed by atoms with Gasteiger partial charge in [-0.2, -0.15) is 0 Å². The molecule has 1 heterocycles. The van der Waals surface area contributed by atoms with Crippen LogP contribution in [0.2, 0.25) is 0 Å². The molecule has 0 aliphatic carbocycles. The van der Waals surface area contributed by atoms with Crippen LogP contribution in [0.3, 0.4) is 0 Å². The molecule has 1 N–H and O–H groups in total. The van der Waals surface area contributed by atoms with E-state index in [1.165, 1.54) is 12.1 Å². The lowest BCUT2D eigenvalue weighted by atomic mass is 10.2. The van der Waals surface area contributed by atoms with Crippen LogP contribution in [0.25, 0.3) is 0 Å². The Morgan fingerprint density at radius 1 is 1.42 bits per heavy atom. The van der Waals surface area contributed by atoms with Gasteiger partial charge in [0.25, 0.3) is 0 Å². The van der Waals surface area contributed by atoms with Crippen molar-refractivity contribution in [3.8, 4) is 0 Å². The summed E-state index contributed by atoms with van der Waals surface area (Å²) < 4.78 is 18.6. The van der Waals surface area contributed by atoms with E-state index in [1.807, 2.05) is 18.7 Å². The summed E-state index contributed by atoms with van der Waals surface area (Å²) in [6.45, 7) is 5.76. The van der Waals surface area contributed by atoms with Crippen molar-refractivity contribution in [1.82, 2.24) is 4.90 Å². The highest BCUT2D eigenvalue weighted by atomic mass is 19.1. The summed E-state index contributed by atoms with van der Waals surface area (Å²) in [4.78, 5) is 13.9. The molecule has 2 atom stereocenters. The van der Waals surface area contributed by atoms with E-state index in [9.17, 15) is 9.18 Å². The summed E-state index contributed by atoms with van der Waals surface area (Å²) in [5.41, 5.74) is 0.486. The number of hydrogen-bond acceptors (Lipinski definition) is 3. The molecule has 0 unspecified atom stereocenters. The fourth-order valence-corrected chi connectivity index (χ4v) is 2.38. The first-order valence-corrected chi connectivity index (χ1v) is 6.46. The minimum absolute atomic E-state index is 0.130. The molecule has 1 amide bonds. The first-order chi connectivity index (χ1) is 9.02. The lowest BCUT2D eigenvalue weighted by molar-refractivity contribution is -0.121. The number of carbonyl (C=O) groups is 1. The molecule has 2 rings (SSSR count). The number of amides is 1. The van der Waals surface area contributed by atoms with Crippen LogP contribution in [0.15, 0.2) is 24.3 Å². The van der Waals surface area contributed by atoms with E-state index in [4.69, 9.17) is 4.74 Å². The molecule has 1 fully saturated rings. The molecule has 1 saturated heterocycles. The molecule has 1 aromatic rings. The molecule has 19 heavy (non-hydrogen) atoms. The zero-order chi connectivity index (χ0) is 13.8. The standard InChI is InChI=1S/C14H19FN2O2/c1-10-7-17(8-11(2)19-10)9-14(18)16-13-5-3-4-12(15)6-13/h3-6,10-11H,7-9H2,1-2H3,(H,16,18)/t10-,11+. The summed E-state index contributed by atoms with van der Waals surface area (Å²) >= 11 is 0. The van der Waals surface area contributed by atoms with E-state index >= 15 is 0 Å². The number of nitrogens with zero attached hydrogens (tertiary/aromatic N) is 1. The number of carbonyl (C=O) groups excluding carboxylic acids is 1. The van der Waals surface area contributed by atoms with Crippen LogP contribution in [-0.2, 0) is 9.53 Å². The Morgan fingerprint density at radius 3 is 2.74 bits per heavy atom. The average molecular weight is 266 g/mol. The van der Waals surface area contributed by atoms with E-state index < -0.39 is 0 Å². The Hall–Kier alpha value is -1.46. The SMILES string of the molecule is C[C@@H]1CN(CC(=O)Nc2cccc(F)c2)C[C@H](C)O1. The van der Waals surface area contributed by atoms with Crippen molar-refractivity contribution < 1.29 is 13.9 Å². The first kappa shape index (κ1) is 14.0. The number of ether oxygens (including phenoxy) is 1. The van der Waals surface area contributed by atoms with Gasteiger partial charge in [-0.3, -0.25) is 9.69 Å². The van der Waals surface area contributed by atoms with Crippen LogP contribution in [-0.4, -0.2) is 42.6 Å². The number of hydrogen-bond donors (Lipinski definition) is 1. The van der Waals surface area contributed by atoms with Gasteiger partial charge in [-0.05, 0) is 32.0 Å². The Labute approximate surface area is 112 Å². The number of rotatable bonds is 3. The molecule has 0 aromatic heterocycles. The number of morpholine rings is 1. The molecular weight excluding hydrogens is 247 g/mol. The third kappa shape index (κ3) is 4.29. The third-order valence-electron chi connectivity index (χ3n) is 2.97. The molecule has 0 radical (unpaired) electrons. The largest absolute Gasteiger partial charge is 0.373 e. The van der Waals surface area contributed by atoms with Gasteiger partial charge in [0, 0.05) is 18.8 Å². The second kappa shape index (κ2) is 6.12. The van der Waals surface area contributed by atoms with Crippen LogP contribution in [0.4, 0.5) is 10.1 Å². The van der Waals surface area contributed by atoms with Crippen LogP contribution in [0, 0.1) is 5.82 Å². The van der Waals surface area contributed by atoms with Gasteiger partial charge in [0.15, 0.2) is 0 Å². The van der Waals surface area contributed by atoms with E-state index in [1.54, 1.807) is 12.1 Å². The van der Waals surface area contributed by atoms with E-state index in [-0.39, 0.29) is 23.9 Å². The maximum Gasteiger partial charge on any atom is 0.238 e. The Balaban J connectivity index is 1.87. The van der Waals surface area contributed by atoms with Gasteiger partial charge in [-0.15, -0.1) is 0 Å². The normalized spacial score (nSPS) is 24.2. The first-order valence-electron chi connectivity index (χ1n) is 6.46. The van der Waals surface area contributed by atoms with Crippen LogP contribution >= 0.6 is 0 Å². The van der Waals surface area contributed by atoms with Gasteiger partial charge >= 0.3 is 0 Å². The van der Waals surface area contributed by atoms with Crippen molar-refractivity contribution in [2.24, 2.45) is 0 Å². The van der Waals surface area contributed by atoms with Crippen molar-refractivity contribution >= 4 is 11.6 Å². The zero-order valence-electron chi connectivity index (χ0n) is 11.2. The second-order valence-electron chi connectivity index (χ2n) is 5.01. The Kier molecular flexibility index (Phi) is 4.50.